The lowest BCUT2D eigenvalue weighted by Crippen LogP contribution is -2.36. The summed E-state index contributed by atoms with van der Waals surface area (Å²) in [6.07, 6.45) is 1.25. The van der Waals surface area contributed by atoms with Gasteiger partial charge in [0, 0.05) is 24.3 Å². The molecule has 1 aliphatic rings. The zero-order chi connectivity index (χ0) is 15.1. The average molecular weight is 294 g/mol. The summed E-state index contributed by atoms with van der Waals surface area (Å²) >= 11 is 0. The zero-order valence-electron chi connectivity index (χ0n) is 11.8. The normalized spacial score (nSPS) is 14.1. The van der Waals surface area contributed by atoms with Gasteiger partial charge in [-0.15, -0.1) is 0 Å². The van der Waals surface area contributed by atoms with Crippen LogP contribution in [0.15, 0.2) is 46.9 Å². The number of carbonyl (C=O) groups is 1. The van der Waals surface area contributed by atoms with Gasteiger partial charge >= 0.3 is 5.97 Å². The second-order valence-corrected chi connectivity index (χ2v) is 5.39. The highest BCUT2D eigenvalue weighted by Gasteiger charge is 2.15. The van der Waals surface area contributed by atoms with Crippen molar-refractivity contribution in [3.8, 4) is 11.5 Å². The van der Waals surface area contributed by atoms with Gasteiger partial charge in [0.1, 0.15) is 5.52 Å². The van der Waals surface area contributed by atoms with Crippen LogP contribution in [0.1, 0.15) is 16.8 Å². The topological polar surface area (TPSA) is 66.6 Å². The van der Waals surface area contributed by atoms with Crippen molar-refractivity contribution >= 4 is 22.8 Å². The van der Waals surface area contributed by atoms with Crippen molar-refractivity contribution in [3.05, 3.63) is 48.0 Å². The van der Waals surface area contributed by atoms with E-state index in [1.165, 1.54) is 24.2 Å². The molecule has 3 aromatic rings. The fraction of sp³-hybridized carbons (Fsp3) is 0.176. The maximum Gasteiger partial charge on any atom is 0.335 e. The summed E-state index contributed by atoms with van der Waals surface area (Å²) in [6.45, 7) is 2.22. The molecular formula is C17H14N2O3. The van der Waals surface area contributed by atoms with Gasteiger partial charge in [-0.3, -0.25) is 0 Å². The predicted molar refractivity (Wildman–Crippen MR) is 83.2 cm³/mol. The number of rotatable bonds is 3. The zero-order valence-corrected chi connectivity index (χ0v) is 11.8. The van der Waals surface area contributed by atoms with Crippen LogP contribution in [-0.4, -0.2) is 29.1 Å². The molecule has 2 aromatic carbocycles. The van der Waals surface area contributed by atoms with Crippen molar-refractivity contribution in [1.82, 2.24) is 4.98 Å². The van der Waals surface area contributed by atoms with Gasteiger partial charge in [0.15, 0.2) is 5.58 Å². The van der Waals surface area contributed by atoms with E-state index in [0.717, 1.165) is 18.7 Å². The molecule has 1 N–H and O–H groups in total. The number of nitrogens with zero attached hydrogens (tertiary/aromatic N) is 2. The van der Waals surface area contributed by atoms with Crippen LogP contribution in [0.2, 0.25) is 0 Å². The number of carboxylic acid groups (broad SMARTS) is 1. The van der Waals surface area contributed by atoms with Crippen LogP contribution in [-0.2, 0) is 0 Å². The van der Waals surface area contributed by atoms with Gasteiger partial charge in [-0.2, -0.15) is 0 Å². The third kappa shape index (κ3) is 2.11. The van der Waals surface area contributed by atoms with Crippen LogP contribution >= 0.6 is 0 Å². The number of fused-ring (bicyclic) bond motifs is 1. The summed E-state index contributed by atoms with van der Waals surface area (Å²) < 4.78 is 5.71. The van der Waals surface area contributed by atoms with Crippen LogP contribution in [0.5, 0.6) is 0 Å². The van der Waals surface area contributed by atoms with Gasteiger partial charge in [0.25, 0.3) is 0 Å². The Bertz CT molecular complexity index is 848. The third-order valence-corrected chi connectivity index (χ3v) is 3.97. The van der Waals surface area contributed by atoms with Crippen molar-refractivity contribution in [2.45, 2.75) is 6.42 Å². The first kappa shape index (κ1) is 12.9. The molecule has 0 spiro atoms. The fourth-order valence-electron chi connectivity index (χ4n) is 2.57. The van der Waals surface area contributed by atoms with E-state index in [0.29, 0.717) is 17.0 Å². The average Bonchev–Trinajstić information content (AvgIpc) is 2.89. The van der Waals surface area contributed by atoms with E-state index in [-0.39, 0.29) is 5.56 Å². The molecule has 0 bridgehead atoms. The quantitative estimate of drug-likeness (QED) is 0.802. The maximum absolute atomic E-state index is 11.0. The van der Waals surface area contributed by atoms with E-state index in [4.69, 9.17) is 9.52 Å². The largest absolute Gasteiger partial charge is 0.478 e. The first-order chi connectivity index (χ1) is 10.7. The van der Waals surface area contributed by atoms with Gasteiger partial charge in [-0.05, 0) is 48.9 Å². The highest BCUT2D eigenvalue weighted by molar-refractivity contribution is 5.92. The number of oxazole rings is 1. The molecule has 22 heavy (non-hydrogen) atoms. The Kier molecular flexibility index (Phi) is 2.85. The molecule has 2 heterocycles. The minimum Gasteiger partial charge on any atom is -0.478 e. The smallest absolute Gasteiger partial charge is 0.335 e. The first-order valence-electron chi connectivity index (χ1n) is 7.20. The summed E-state index contributed by atoms with van der Waals surface area (Å²) in [7, 11) is 0. The second kappa shape index (κ2) is 4.87. The summed E-state index contributed by atoms with van der Waals surface area (Å²) in [5, 5.41) is 9.02. The van der Waals surface area contributed by atoms with Crippen molar-refractivity contribution < 1.29 is 14.3 Å². The van der Waals surface area contributed by atoms with Gasteiger partial charge in [-0.1, -0.05) is 0 Å². The third-order valence-electron chi connectivity index (χ3n) is 3.97. The molecule has 1 saturated heterocycles. The highest BCUT2D eigenvalue weighted by atomic mass is 16.4. The van der Waals surface area contributed by atoms with Crippen LogP contribution in [0, 0.1) is 0 Å². The molecule has 5 nitrogen and oxygen atoms in total. The lowest BCUT2D eigenvalue weighted by Gasteiger charge is -2.33. The van der Waals surface area contributed by atoms with Crippen LogP contribution in [0.3, 0.4) is 0 Å². The SMILES string of the molecule is O=C(O)c1ccc2oc(-c3ccc(N4CCC4)cc3)nc2c1. The minimum absolute atomic E-state index is 0.209. The number of aromatic carboxylic acids is 1. The van der Waals surface area contributed by atoms with E-state index in [9.17, 15) is 4.79 Å². The van der Waals surface area contributed by atoms with E-state index >= 15 is 0 Å². The molecule has 0 radical (unpaired) electrons. The fourth-order valence-corrected chi connectivity index (χ4v) is 2.57. The summed E-state index contributed by atoms with van der Waals surface area (Å²) in [5.74, 6) is -0.460. The molecule has 1 aliphatic heterocycles. The molecule has 0 aliphatic carbocycles. The maximum atomic E-state index is 11.0. The molecule has 0 saturated carbocycles. The van der Waals surface area contributed by atoms with Crippen molar-refractivity contribution in [3.63, 3.8) is 0 Å². The number of hydrogen-bond acceptors (Lipinski definition) is 4. The summed E-state index contributed by atoms with van der Waals surface area (Å²) in [6, 6.07) is 12.8. The van der Waals surface area contributed by atoms with Gasteiger partial charge in [-0.25, -0.2) is 9.78 Å². The molecule has 0 amide bonds. The minimum atomic E-state index is -0.967. The molecule has 1 aromatic heterocycles. The lowest BCUT2D eigenvalue weighted by molar-refractivity contribution is 0.0697. The number of benzene rings is 2. The van der Waals surface area contributed by atoms with Gasteiger partial charge in [0.05, 0.1) is 5.56 Å². The molecule has 1 fully saturated rings. The van der Waals surface area contributed by atoms with Crippen LogP contribution in [0.4, 0.5) is 5.69 Å². The molecule has 5 heteroatoms. The van der Waals surface area contributed by atoms with Crippen molar-refractivity contribution in [1.29, 1.82) is 0 Å². The summed E-state index contributed by atoms with van der Waals surface area (Å²) in [4.78, 5) is 17.7. The Balaban J connectivity index is 1.69. The molecular weight excluding hydrogens is 280 g/mol. The van der Waals surface area contributed by atoms with Gasteiger partial charge in [0.2, 0.25) is 5.89 Å². The standard InChI is InChI=1S/C17H14N2O3/c20-17(21)12-4-7-15-14(10-12)18-16(22-15)11-2-5-13(6-3-11)19-8-1-9-19/h2-7,10H,1,8-9H2,(H,20,21). The molecule has 4 rings (SSSR count). The Labute approximate surface area is 126 Å². The van der Waals surface area contributed by atoms with Crippen LogP contribution in [0.25, 0.3) is 22.6 Å². The Morgan fingerprint density at radius 1 is 1.14 bits per heavy atom. The van der Waals surface area contributed by atoms with E-state index in [1.54, 1.807) is 6.07 Å². The first-order valence-corrected chi connectivity index (χ1v) is 7.20. The number of hydrogen-bond donors (Lipinski definition) is 1. The van der Waals surface area contributed by atoms with Crippen LogP contribution < -0.4 is 4.90 Å². The van der Waals surface area contributed by atoms with Crippen molar-refractivity contribution in [2.24, 2.45) is 0 Å². The predicted octanol–water partition coefficient (Wildman–Crippen LogP) is 3.40. The number of aromatic nitrogens is 1. The van der Waals surface area contributed by atoms with E-state index in [2.05, 4.69) is 22.0 Å². The molecule has 0 unspecified atom stereocenters. The highest BCUT2D eigenvalue weighted by Crippen LogP contribution is 2.28. The van der Waals surface area contributed by atoms with E-state index in [1.807, 2.05) is 12.1 Å². The molecule has 110 valence electrons. The monoisotopic (exact) mass is 294 g/mol. The Morgan fingerprint density at radius 3 is 2.55 bits per heavy atom. The Morgan fingerprint density at radius 2 is 1.91 bits per heavy atom. The second-order valence-electron chi connectivity index (χ2n) is 5.39. The van der Waals surface area contributed by atoms with Gasteiger partial charge < -0.3 is 14.4 Å². The molecule has 0 atom stereocenters. The Hall–Kier alpha value is -2.82. The lowest BCUT2D eigenvalue weighted by atomic mass is 10.1. The number of anilines is 1. The van der Waals surface area contributed by atoms with Crippen molar-refractivity contribution in [2.75, 3.05) is 18.0 Å². The summed E-state index contributed by atoms with van der Waals surface area (Å²) in [5.41, 5.74) is 3.45. The van der Waals surface area contributed by atoms with E-state index < -0.39 is 5.97 Å². The number of carboxylic acids is 1.